The van der Waals surface area contributed by atoms with Gasteiger partial charge in [-0.2, -0.15) is 0 Å². The summed E-state index contributed by atoms with van der Waals surface area (Å²) >= 11 is 12.4. The number of rotatable bonds is 4. The molecule has 3 heteroatoms. The first-order valence-electron chi connectivity index (χ1n) is 6.95. The molecule has 3 rings (SSSR count). The Hall–Kier alpha value is -1.96. The second-order valence-electron chi connectivity index (χ2n) is 4.89. The molecule has 22 heavy (non-hydrogen) atoms. The van der Waals surface area contributed by atoms with Crippen molar-refractivity contribution in [3.63, 3.8) is 0 Å². The Bertz CT molecular complexity index is 742. The highest BCUT2D eigenvalue weighted by molar-refractivity contribution is 6.35. The van der Waals surface area contributed by atoms with Crippen molar-refractivity contribution in [2.45, 2.75) is 6.10 Å². The maximum Gasteiger partial charge on any atom is 0.150 e. The number of hydrogen-bond donors (Lipinski definition) is 0. The molecule has 0 aliphatic carbocycles. The van der Waals surface area contributed by atoms with Crippen LogP contribution in [0.1, 0.15) is 17.2 Å². The van der Waals surface area contributed by atoms with Crippen molar-refractivity contribution in [2.24, 2.45) is 0 Å². The van der Waals surface area contributed by atoms with Gasteiger partial charge in [0.25, 0.3) is 0 Å². The third kappa shape index (κ3) is 3.44. The highest BCUT2D eigenvalue weighted by atomic mass is 35.5. The molecule has 1 atom stereocenters. The van der Waals surface area contributed by atoms with Crippen LogP contribution in [0.5, 0.6) is 5.75 Å². The van der Waals surface area contributed by atoms with Crippen LogP contribution in [0.2, 0.25) is 10.0 Å². The lowest BCUT2D eigenvalue weighted by Crippen LogP contribution is -2.10. The fourth-order valence-corrected chi connectivity index (χ4v) is 2.80. The van der Waals surface area contributed by atoms with Crippen LogP contribution in [-0.2, 0) is 0 Å². The van der Waals surface area contributed by atoms with Crippen LogP contribution in [0.15, 0.2) is 78.9 Å². The van der Waals surface area contributed by atoms with Crippen molar-refractivity contribution in [3.05, 3.63) is 100 Å². The van der Waals surface area contributed by atoms with Gasteiger partial charge < -0.3 is 4.74 Å². The molecule has 1 unspecified atom stereocenters. The minimum Gasteiger partial charge on any atom is -0.481 e. The summed E-state index contributed by atoms with van der Waals surface area (Å²) in [6.45, 7) is 0. The van der Waals surface area contributed by atoms with Crippen molar-refractivity contribution in [2.75, 3.05) is 0 Å². The molecule has 0 fully saturated rings. The van der Waals surface area contributed by atoms with Crippen LogP contribution >= 0.6 is 23.2 Å². The summed E-state index contributed by atoms with van der Waals surface area (Å²) in [7, 11) is 0. The largest absolute Gasteiger partial charge is 0.481 e. The Labute approximate surface area is 140 Å². The minimum absolute atomic E-state index is 0.284. The van der Waals surface area contributed by atoms with Crippen LogP contribution in [0, 0.1) is 0 Å². The lowest BCUT2D eigenvalue weighted by atomic mass is 10.0. The highest BCUT2D eigenvalue weighted by Crippen LogP contribution is 2.34. The number of hydrogen-bond acceptors (Lipinski definition) is 1. The van der Waals surface area contributed by atoms with Crippen LogP contribution < -0.4 is 4.74 Å². The van der Waals surface area contributed by atoms with E-state index in [9.17, 15) is 0 Å². The Kier molecular flexibility index (Phi) is 4.67. The summed E-state index contributed by atoms with van der Waals surface area (Å²) in [5, 5.41) is 1.21. The van der Waals surface area contributed by atoms with Gasteiger partial charge in [-0.3, -0.25) is 0 Å². The molecule has 0 aromatic heterocycles. The van der Waals surface area contributed by atoms with Gasteiger partial charge in [0, 0.05) is 15.6 Å². The molecule has 1 nitrogen and oxygen atoms in total. The molecule has 0 aliphatic heterocycles. The summed E-state index contributed by atoms with van der Waals surface area (Å²) in [4.78, 5) is 0. The van der Waals surface area contributed by atoms with E-state index in [0.717, 1.165) is 16.9 Å². The third-order valence-corrected chi connectivity index (χ3v) is 3.91. The second-order valence-corrected chi connectivity index (χ2v) is 5.73. The standard InChI is InChI=1S/C19H14Cl2O/c20-15-11-12-17(18(21)13-15)19(14-7-3-1-4-8-14)22-16-9-5-2-6-10-16/h1-13,19H. The zero-order chi connectivity index (χ0) is 15.4. The predicted molar refractivity (Wildman–Crippen MR) is 91.8 cm³/mol. The third-order valence-electron chi connectivity index (χ3n) is 3.34. The molecule has 3 aromatic carbocycles. The maximum atomic E-state index is 6.38. The van der Waals surface area contributed by atoms with Gasteiger partial charge in [-0.25, -0.2) is 0 Å². The molecule has 110 valence electrons. The monoisotopic (exact) mass is 328 g/mol. The van der Waals surface area contributed by atoms with E-state index in [1.807, 2.05) is 72.8 Å². The van der Waals surface area contributed by atoms with Gasteiger partial charge >= 0.3 is 0 Å². The van der Waals surface area contributed by atoms with Gasteiger partial charge in [-0.1, -0.05) is 77.8 Å². The zero-order valence-electron chi connectivity index (χ0n) is 11.7. The van der Waals surface area contributed by atoms with Crippen LogP contribution in [0.3, 0.4) is 0 Å². The van der Waals surface area contributed by atoms with Gasteiger partial charge in [-0.05, 0) is 29.8 Å². The van der Waals surface area contributed by atoms with E-state index in [1.54, 1.807) is 6.07 Å². The van der Waals surface area contributed by atoms with E-state index in [-0.39, 0.29) is 6.10 Å². The van der Waals surface area contributed by atoms with Crippen LogP contribution in [-0.4, -0.2) is 0 Å². The second kappa shape index (κ2) is 6.87. The molecule has 0 radical (unpaired) electrons. The van der Waals surface area contributed by atoms with Crippen molar-refractivity contribution >= 4 is 23.2 Å². The van der Waals surface area contributed by atoms with Gasteiger partial charge in [-0.15, -0.1) is 0 Å². The van der Waals surface area contributed by atoms with Crippen molar-refractivity contribution in [1.82, 2.24) is 0 Å². The Morgan fingerprint density at radius 3 is 2.00 bits per heavy atom. The summed E-state index contributed by atoms with van der Waals surface area (Å²) in [5.41, 5.74) is 1.93. The van der Waals surface area contributed by atoms with Gasteiger partial charge in [0.15, 0.2) is 6.10 Å². The summed E-state index contributed by atoms with van der Waals surface area (Å²) in [6.07, 6.45) is -0.284. The molecule has 0 saturated carbocycles. The topological polar surface area (TPSA) is 9.23 Å². The normalized spacial score (nSPS) is 11.9. The lowest BCUT2D eigenvalue weighted by molar-refractivity contribution is 0.247. The molecule has 0 saturated heterocycles. The quantitative estimate of drug-likeness (QED) is 0.557. The van der Waals surface area contributed by atoms with E-state index in [2.05, 4.69) is 0 Å². The van der Waals surface area contributed by atoms with Crippen molar-refractivity contribution in [1.29, 1.82) is 0 Å². The van der Waals surface area contributed by atoms with Crippen molar-refractivity contribution < 1.29 is 4.74 Å². The van der Waals surface area contributed by atoms with Gasteiger partial charge in [0.1, 0.15) is 5.75 Å². The van der Waals surface area contributed by atoms with E-state index in [1.165, 1.54) is 0 Å². The summed E-state index contributed by atoms with van der Waals surface area (Å²) < 4.78 is 6.18. The maximum absolute atomic E-state index is 6.38. The molecule has 0 aliphatic rings. The van der Waals surface area contributed by atoms with E-state index in [4.69, 9.17) is 27.9 Å². The molecular weight excluding hydrogens is 315 g/mol. The average Bonchev–Trinajstić information content (AvgIpc) is 2.55. The molecule has 0 heterocycles. The van der Waals surface area contributed by atoms with Gasteiger partial charge in [0.05, 0.1) is 0 Å². The molecular formula is C19H14Cl2O. The van der Waals surface area contributed by atoms with E-state index in [0.29, 0.717) is 10.0 Å². The fraction of sp³-hybridized carbons (Fsp3) is 0.0526. The highest BCUT2D eigenvalue weighted by Gasteiger charge is 2.19. The first-order valence-corrected chi connectivity index (χ1v) is 7.71. The molecule has 0 spiro atoms. The molecule has 0 amide bonds. The minimum atomic E-state index is -0.284. The summed E-state index contributed by atoms with van der Waals surface area (Å²) in [6, 6.07) is 25.2. The smallest absolute Gasteiger partial charge is 0.150 e. The number of benzene rings is 3. The predicted octanol–water partition coefficient (Wildman–Crippen LogP) is 6.16. The Morgan fingerprint density at radius 1 is 0.727 bits per heavy atom. The zero-order valence-corrected chi connectivity index (χ0v) is 13.3. The summed E-state index contributed by atoms with van der Waals surface area (Å²) in [5.74, 6) is 0.794. The Balaban J connectivity index is 2.03. The van der Waals surface area contributed by atoms with Gasteiger partial charge in [0.2, 0.25) is 0 Å². The first kappa shape index (κ1) is 15.0. The fourth-order valence-electron chi connectivity index (χ4n) is 2.29. The molecule has 3 aromatic rings. The number of halogens is 2. The number of para-hydroxylation sites is 1. The molecule has 0 bridgehead atoms. The van der Waals surface area contributed by atoms with E-state index >= 15 is 0 Å². The van der Waals surface area contributed by atoms with E-state index < -0.39 is 0 Å². The average molecular weight is 329 g/mol. The van der Waals surface area contributed by atoms with Crippen LogP contribution in [0.4, 0.5) is 0 Å². The first-order chi connectivity index (χ1) is 10.7. The number of ether oxygens (including phenoxy) is 1. The SMILES string of the molecule is Clc1ccc(C(Oc2ccccc2)c2ccccc2)c(Cl)c1. The lowest BCUT2D eigenvalue weighted by Gasteiger charge is -2.21. The molecule has 0 N–H and O–H groups in total. The van der Waals surface area contributed by atoms with Crippen LogP contribution in [0.25, 0.3) is 0 Å². The Morgan fingerprint density at radius 2 is 1.36 bits per heavy atom. The van der Waals surface area contributed by atoms with Crippen molar-refractivity contribution in [3.8, 4) is 5.75 Å².